The van der Waals surface area contributed by atoms with Crippen molar-refractivity contribution in [2.75, 3.05) is 44.3 Å². The van der Waals surface area contributed by atoms with Gasteiger partial charge >= 0.3 is 0 Å². The molecule has 2 aromatic rings. The summed E-state index contributed by atoms with van der Waals surface area (Å²) >= 11 is 7.64. The van der Waals surface area contributed by atoms with E-state index in [4.69, 9.17) is 27.1 Å². The smallest absolute Gasteiger partial charge is 0.189 e. The summed E-state index contributed by atoms with van der Waals surface area (Å²) in [5.41, 5.74) is 9.15. The van der Waals surface area contributed by atoms with Gasteiger partial charge in [0.2, 0.25) is 0 Å². The Morgan fingerprint density at radius 1 is 1.20 bits per heavy atom. The number of ether oxygens (including phenoxy) is 1. The molecule has 0 aliphatic carbocycles. The van der Waals surface area contributed by atoms with E-state index in [0.717, 1.165) is 67.0 Å². The third-order valence-corrected chi connectivity index (χ3v) is 5.28. The Bertz CT molecular complexity index is 705. The number of benzene rings is 1. The second kappa shape index (κ2) is 8.85. The van der Waals surface area contributed by atoms with Crippen LogP contribution in [0.2, 0.25) is 5.02 Å². The topological polar surface area (TPSA) is 64.3 Å². The molecule has 0 atom stereocenters. The zero-order chi connectivity index (χ0) is 17.6. The molecule has 0 unspecified atom stereocenters. The third-order valence-electron chi connectivity index (χ3n) is 4.20. The molecule has 5 nitrogen and oxygen atoms in total. The van der Waals surface area contributed by atoms with Crippen LogP contribution < -0.4 is 5.73 Å². The molecule has 25 heavy (non-hydrogen) atoms. The number of hydrogen-bond acceptors (Lipinski definition) is 6. The van der Waals surface area contributed by atoms with Crippen LogP contribution in [0.1, 0.15) is 12.6 Å². The summed E-state index contributed by atoms with van der Waals surface area (Å²) in [6.07, 6.45) is 0.807. The molecule has 2 N–H and O–H groups in total. The number of thioether (sulfide) groups is 1. The van der Waals surface area contributed by atoms with Crippen molar-refractivity contribution in [1.29, 1.82) is 0 Å². The molecule has 0 amide bonds. The normalized spacial score (nSPS) is 15.4. The van der Waals surface area contributed by atoms with Crippen LogP contribution in [0.5, 0.6) is 0 Å². The minimum Gasteiger partial charge on any atom is -0.383 e. The number of nitrogens with two attached hydrogens (primary N) is 1. The van der Waals surface area contributed by atoms with Crippen LogP contribution in [0.25, 0.3) is 11.1 Å². The van der Waals surface area contributed by atoms with E-state index in [-0.39, 0.29) is 0 Å². The highest BCUT2D eigenvalue weighted by molar-refractivity contribution is 7.99. The van der Waals surface area contributed by atoms with E-state index in [0.29, 0.717) is 10.8 Å². The maximum absolute atomic E-state index is 6.26. The molecule has 2 heterocycles. The van der Waals surface area contributed by atoms with Crippen molar-refractivity contribution in [3.05, 3.63) is 35.0 Å². The Labute approximate surface area is 157 Å². The van der Waals surface area contributed by atoms with Crippen molar-refractivity contribution in [2.45, 2.75) is 18.5 Å². The first kappa shape index (κ1) is 18.5. The highest BCUT2D eigenvalue weighted by atomic mass is 35.5. The van der Waals surface area contributed by atoms with Gasteiger partial charge in [-0.15, -0.1) is 0 Å². The number of nitrogens with zero attached hydrogens (tertiary/aromatic N) is 3. The molecule has 134 valence electrons. The lowest BCUT2D eigenvalue weighted by molar-refractivity contribution is 0.0410. The lowest BCUT2D eigenvalue weighted by Crippen LogP contribution is -2.37. The largest absolute Gasteiger partial charge is 0.383 e. The summed E-state index contributed by atoms with van der Waals surface area (Å²) in [6.45, 7) is 6.74. The average molecular weight is 379 g/mol. The molecular formula is C18H23ClN4OS. The van der Waals surface area contributed by atoms with Gasteiger partial charge in [0.05, 0.1) is 18.9 Å². The van der Waals surface area contributed by atoms with Gasteiger partial charge in [-0.1, -0.05) is 42.4 Å². The van der Waals surface area contributed by atoms with Gasteiger partial charge in [-0.05, 0) is 24.1 Å². The molecule has 0 radical (unpaired) electrons. The fourth-order valence-electron chi connectivity index (χ4n) is 2.85. The minimum atomic E-state index is 0.531. The molecule has 7 heteroatoms. The number of hydrogen-bond donors (Lipinski definition) is 1. The fourth-order valence-corrected chi connectivity index (χ4v) is 3.84. The summed E-state index contributed by atoms with van der Waals surface area (Å²) in [6, 6.07) is 7.64. The van der Waals surface area contributed by atoms with Gasteiger partial charge in [-0.25, -0.2) is 9.97 Å². The lowest BCUT2D eigenvalue weighted by Gasteiger charge is -2.26. The number of aryl methyl sites for hydroxylation is 1. The van der Waals surface area contributed by atoms with Crippen LogP contribution in [0.4, 0.5) is 5.82 Å². The SMILES string of the molecule is CCc1nc(SCCN2CCOCC2)nc(N)c1-c1ccc(Cl)cc1. The quantitative estimate of drug-likeness (QED) is 0.614. The number of rotatable bonds is 6. The summed E-state index contributed by atoms with van der Waals surface area (Å²) in [5, 5.41) is 1.46. The molecule has 1 saturated heterocycles. The second-order valence-electron chi connectivity index (χ2n) is 5.88. The molecule has 1 aromatic heterocycles. The average Bonchev–Trinajstić information content (AvgIpc) is 2.63. The van der Waals surface area contributed by atoms with Crippen molar-refractivity contribution < 1.29 is 4.74 Å². The van der Waals surface area contributed by atoms with E-state index < -0.39 is 0 Å². The summed E-state index contributed by atoms with van der Waals surface area (Å²) in [7, 11) is 0. The molecule has 1 aliphatic heterocycles. The van der Waals surface area contributed by atoms with E-state index in [9.17, 15) is 0 Å². The minimum absolute atomic E-state index is 0.531. The van der Waals surface area contributed by atoms with Crippen molar-refractivity contribution in [3.8, 4) is 11.1 Å². The van der Waals surface area contributed by atoms with E-state index in [1.54, 1.807) is 11.8 Å². The van der Waals surface area contributed by atoms with Crippen molar-refractivity contribution in [2.24, 2.45) is 0 Å². The first-order chi connectivity index (χ1) is 12.2. The van der Waals surface area contributed by atoms with Crippen LogP contribution >= 0.6 is 23.4 Å². The van der Waals surface area contributed by atoms with Crippen molar-refractivity contribution >= 4 is 29.2 Å². The fraction of sp³-hybridized carbons (Fsp3) is 0.444. The van der Waals surface area contributed by atoms with Gasteiger partial charge in [0.1, 0.15) is 5.82 Å². The number of morpholine rings is 1. The molecular weight excluding hydrogens is 356 g/mol. The number of nitrogen functional groups attached to an aromatic ring is 1. The summed E-state index contributed by atoms with van der Waals surface area (Å²) in [5.74, 6) is 1.48. The Hall–Kier alpha value is -1.34. The Morgan fingerprint density at radius 3 is 2.60 bits per heavy atom. The van der Waals surface area contributed by atoms with Gasteiger partial charge in [0.15, 0.2) is 5.16 Å². The lowest BCUT2D eigenvalue weighted by atomic mass is 10.0. The second-order valence-corrected chi connectivity index (χ2v) is 7.37. The third kappa shape index (κ3) is 4.85. The van der Waals surface area contributed by atoms with Crippen molar-refractivity contribution in [1.82, 2.24) is 14.9 Å². The molecule has 1 aromatic carbocycles. The van der Waals surface area contributed by atoms with Gasteiger partial charge < -0.3 is 10.5 Å². The zero-order valence-corrected chi connectivity index (χ0v) is 15.9. The first-order valence-corrected chi connectivity index (χ1v) is 9.89. The standard InChI is InChI=1S/C18H23ClN4OS/c1-2-15-16(13-3-5-14(19)6-4-13)17(20)22-18(21-15)25-12-9-23-7-10-24-11-8-23/h3-6H,2,7-12H2,1H3,(H2,20,21,22). The predicted octanol–water partition coefficient (Wildman–Crippen LogP) is 3.37. The number of anilines is 1. The maximum Gasteiger partial charge on any atom is 0.189 e. The highest BCUT2D eigenvalue weighted by Gasteiger charge is 2.15. The Morgan fingerprint density at radius 2 is 1.92 bits per heavy atom. The Kier molecular flexibility index (Phi) is 6.53. The van der Waals surface area contributed by atoms with E-state index in [1.165, 1.54) is 0 Å². The monoisotopic (exact) mass is 378 g/mol. The van der Waals surface area contributed by atoms with E-state index in [1.807, 2.05) is 24.3 Å². The summed E-state index contributed by atoms with van der Waals surface area (Å²) < 4.78 is 5.37. The molecule has 0 bridgehead atoms. The van der Waals surface area contributed by atoms with Crippen LogP contribution in [0.15, 0.2) is 29.4 Å². The number of halogens is 1. The molecule has 1 aliphatic rings. The summed E-state index contributed by atoms with van der Waals surface area (Å²) in [4.78, 5) is 11.7. The molecule has 0 spiro atoms. The highest BCUT2D eigenvalue weighted by Crippen LogP contribution is 2.31. The number of aromatic nitrogens is 2. The van der Waals surface area contributed by atoms with Gasteiger partial charge in [-0.2, -0.15) is 0 Å². The van der Waals surface area contributed by atoms with Gasteiger partial charge in [0, 0.05) is 36.0 Å². The van der Waals surface area contributed by atoms with Gasteiger partial charge in [0.25, 0.3) is 0 Å². The molecule has 1 fully saturated rings. The van der Waals surface area contributed by atoms with Crippen LogP contribution in [-0.2, 0) is 11.2 Å². The van der Waals surface area contributed by atoms with Crippen molar-refractivity contribution in [3.63, 3.8) is 0 Å². The predicted molar refractivity (Wildman–Crippen MR) is 104 cm³/mol. The van der Waals surface area contributed by atoms with E-state index in [2.05, 4.69) is 16.8 Å². The molecule has 0 saturated carbocycles. The Balaban J connectivity index is 1.71. The van der Waals surface area contributed by atoms with Crippen LogP contribution in [-0.4, -0.2) is 53.5 Å². The van der Waals surface area contributed by atoms with Crippen LogP contribution in [0.3, 0.4) is 0 Å². The molecule has 3 rings (SSSR count). The first-order valence-electron chi connectivity index (χ1n) is 8.52. The van der Waals surface area contributed by atoms with Crippen LogP contribution in [0, 0.1) is 0 Å². The maximum atomic E-state index is 6.26. The van der Waals surface area contributed by atoms with Gasteiger partial charge in [-0.3, -0.25) is 4.90 Å². The zero-order valence-electron chi connectivity index (χ0n) is 14.4. The van der Waals surface area contributed by atoms with E-state index >= 15 is 0 Å².